The predicted molar refractivity (Wildman–Crippen MR) is 34.4 cm³/mol. The zero-order valence-electron chi connectivity index (χ0n) is 4.59. The highest BCUT2D eigenvalue weighted by Crippen LogP contribution is 2.12. The summed E-state index contributed by atoms with van der Waals surface area (Å²) < 4.78 is 0. The number of thioether (sulfide) groups is 1. The van der Waals surface area contributed by atoms with Crippen LogP contribution in [0.5, 0.6) is 0 Å². The molecule has 0 aliphatic heterocycles. The van der Waals surface area contributed by atoms with E-state index in [1.54, 1.807) is 18.0 Å². The zero-order valence-corrected chi connectivity index (χ0v) is 5.40. The minimum atomic E-state index is 0.951. The largest absolute Gasteiger partial charge is 0.340 e. The average Bonchev–Trinajstić information content (AvgIpc) is 2.19. The van der Waals surface area contributed by atoms with Crippen LogP contribution < -0.4 is 0 Å². The number of nitrogens with one attached hydrogen (secondary N) is 1. The molecule has 43 valence electrons. The summed E-state index contributed by atoms with van der Waals surface area (Å²) in [5, 5.41) is 0.951. The Morgan fingerprint density at radius 2 is 2.75 bits per heavy atom. The molecular weight excluding hydrogens is 120 g/mol. The molecule has 0 atom stereocenters. The fraction of sp³-hybridized carbons (Fsp3) is 0.200. The molecule has 3 heteroatoms. The Morgan fingerprint density at radius 1 is 1.88 bits per heavy atom. The van der Waals surface area contributed by atoms with Crippen LogP contribution in [0.25, 0.3) is 0 Å². The van der Waals surface area contributed by atoms with E-state index < -0.39 is 0 Å². The molecule has 1 heterocycles. The number of H-pyrrole nitrogens is 1. The van der Waals surface area contributed by atoms with Gasteiger partial charge in [0.15, 0.2) is 5.16 Å². The van der Waals surface area contributed by atoms with E-state index in [-0.39, 0.29) is 0 Å². The van der Waals surface area contributed by atoms with Gasteiger partial charge in [0, 0.05) is 18.1 Å². The second-order valence-electron chi connectivity index (χ2n) is 1.25. The van der Waals surface area contributed by atoms with Gasteiger partial charge in [-0.25, -0.2) is 4.98 Å². The van der Waals surface area contributed by atoms with Gasteiger partial charge in [0.1, 0.15) is 0 Å². The summed E-state index contributed by atoms with van der Waals surface area (Å²) in [4.78, 5) is 6.94. The van der Waals surface area contributed by atoms with Crippen molar-refractivity contribution in [2.75, 3.05) is 0 Å². The second kappa shape index (κ2) is 2.77. The van der Waals surface area contributed by atoms with E-state index >= 15 is 0 Å². The van der Waals surface area contributed by atoms with Crippen molar-refractivity contribution in [2.24, 2.45) is 0 Å². The van der Waals surface area contributed by atoms with Crippen LogP contribution in [0, 0.1) is 5.75 Å². The van der Waals surface area contributed by atoms with Gasteiger partial charge in [-0.05, 0) is 0 Å². The van der Waals surface area contributed by atoms with Gasteiger partial charge in [0.05, 0.1) is 0 Å². The van der Waals surface area contributed by atoms with E-state index in [2.05, 4.69) is 9.97 Å². The van der Waals surface area contributed by atoms with Crippen molar-refractivity contribution in [1.29, 1.82) is 0 Å². The first-order valence-corrected chi connectivity index (χ1v) is 3.25. The lowest BCUT2D eigenvalue weighted by molar-refractivity contribution is 1.06. The smallest absolute Gasteiger partial charge is 0.165 e. The second-order valence-corrected chi connectivity index (χ2v) is 2.34. The number of hydrogen-bond donors (Lipinski definition) is 1. The van der Waals surface area contributed by atoms with Gasteiger partial charge in [-0.1, -0.05) is 18.7 Å². The molecule has 0 unspecified atom stereocenters. The van der Waals surface area contributed by atoms with E-state index in [0.29, 0.717) is 0 Å². The fourth-order valence-corrected chi connectivity index (χ4v) is 0.908. The zero-order chi connectivity index (χ0) is 5.82. The molecule has 1 N–H and O–H groups in total. The Hall–Kier alpha value is -0.440. The first-order valence-electron chi connectivity index (χ1n) is 2.37. The topological polar surface area (TPSA) is 28.7 Å². The van der Waals surface area contributed by atoms with Crippen LogP contribution in [0.15, 0.2) is 17.6 Å². The lowest BCUT2D eigenvalue weighted by atomic mass is 11.0. The molecule has 0 spiro atoms. The number of rotatable bonds is 2. The molecule has 1 radical (unpaired) electrons. The lowest BCUT2D eigenvalue weighted by Crippen LogP contribution is -1.68. The molecule has 0 aliphatic rings. The van der Waals surface area contributed by atoms with E-state index in [4.69, 9.17) is 0 Å². The van der Waals surface area contributed by atoms with Gasteiger partial charge in [-0.3, -0.25) is 0 Å². The third-order valence-electron chi connectivity index (χ3n) is 0.703. The van der Waals surface area contributed by atoms with Crippen LogP contribution in [0.2, 0.25) is 0 Å². The van der Waals surface area contributed by atoms with Crippen molar-refractivity contribution < 1.29 is 0 Å². The lowest BCUT2D eigenvalue weighted by Gasteiger charge is -1.85. The highest BCUT2D eigenvalue weighted by atomic mass is 32.2. The van der Waals surface area contributed by atoms with Gasteiger partial charge in [0.25, 0.3) is 0 Å². The molecule has 0 aromatic carbocycles. The summed E-state index contributed by atoms with van der Waals surface area (Å²) in [6.07, 6.45) is 3.55. The normalized spacial score (nSPS) is 9.62. The first kappa shape index (κ1) is 5.69. The molecule has 1 aromatic heterocycles. The Balaban J connectivity index is 2.50. The predicted octanol–water partition coefficient (Wildman–Crippen LogP) is 1.68. The van der Waals surface area contributed by atoms with E-state index in [1.165, 1.54) is 0 Å². The van der Waals surface area contributed by atoms with Crippen molar-refractivity contribution >= 4 is 11.8 Å². The number of imidazole rings is 1. The van der Waals surface area contributed by atoms with Crippen LogP contribution in [0.4, 0.5) is 0 Å². The van der Waals surface area contributed by atoms with Crippen LogP contribution in [-0.4, -0.2) is 9.97 Å². The van der Waals surface area contributed by atoms with Crippen molar-refractivity contribution in [2.45, 2.75) is 12.1 Å². The summed E-state index contributed by atoms with van der Waals surface area (Å²) in [7, 11) is 0. The van der Waals surface area contributed by atoms with Gasteiger partial charge in [0.2, 0.25) is 0 Å². The van der Waals surface area contributed by atoms with Gasteiger partial charge < -0.3 is 4.98 Å². The molecule has 0 fully saturated rings. The van der Waals surface area contributed by atoms with E-state index in [9.17, 15) is 0 Å². The standard InChI is InChI=1S/C5H7N2S/c1-2-8-5-6-3-4-7-5/h2-4H,1H3,(H,6,7). The first-order chi connectivity index (χ1) is 3.93. The van der Waals surface area contributed by atoms with Crippen LogP contribution in [-0.2, 0) is 0 Å². The van der Waals surface area contributed by atoms with Crippen molar-refractivity contribution in [3.63, 3.8) is 0 Å². The van der Waals surface area contributed by atoms with Crippen molar-refractivity contribution in [3.8, 4) is 0 Å². The number of nitrogens with zero attached hydrogens (tertiary/aromatic N) is 1. The third kappa shape index (κ3) is 1.26. The number of aromatic amines is 1. The van der Waals surface area contributed by atoms with Crippen LogP contribution in [0.1, 0.15) is 6.92 Å². The summed E-state index contributed by atoms with van der Waals surface area (Å²) in [5.41, 5.74) is 0. The molecule has 0 saturated carbocycles. The highest BCUT2D eigenvalue weighted by Gasteiger charge is 1.88. The summed E-state index contributed by atoms with van der Waals surface area (Å²) in [5.74, 6) is 1.98. The quantitative estimate of drug-likeness (QED) is 0.612. The van der Waals surface area contributed by atoms with Crippen molar-refractivity contribution in [3.05, 3.63) is 18.1 Å². The fourth-order valence-electron chi connectivity index (χ4n) is 0.427. The molecule has 0 aliphatic carbocycles. The van der Waals surface area contributed by atoms with Crippen LogP contribution in [0.3, 0.4) is 0 Å². The van der Waals surface area contributed by atoms with Crippen LogP contribution >= 0.6 is 11.8 Å². The minimum Gasteiger partial charge on any atom is -0.340 e. The van der Waals surface area contributed by atoms with E-state index in [0.717, 1.165) is 5.16 Å². The van der Waals surface area contributed by atoms with Gasteiger partial charge >= 0.3 is 0 Å². The number of aromatic nitrogens is 2. The summed E-state index contributed by atoms with van der Waals surface area (Å²) in [6, 6.07) is 0. The molecule has 2 nitrogen and oxygen atoms in total. The molecule has 0 saturated heterocycles. The molecule has 0 amide bonds. The molecule has 1 rings (SSSR count). The Bertz CT molecular complexity index is 136. The molecular formula is C5H7N2S. The SMILES string of the molecule is C[CH]Sc1ncc[nH]1. The van der Waals surface area contributed by atoms with Crippen molar-refractivity contribution in [1.82, 2.24) is 9.97 Å². The Kier molecular flexibility index (Phi) is 1.97. The third-order valence-corrected chi connectivity index (χ3v) is 1.38. The molecule has 1 aromatic rings. The Labute approximate surface area is 52.7 Å². The summed E-state index contributed by atoms with van der Waals surface area (Å²) >= 11 is 1.59. The maximum Gasteiger partial charge on any atom is 0.165 e. The molecule has 8 heavy (non-hydrogen) atoms. The minimum absolute atomic E-state index is 0.951. The number of hydrogen-bond acceptors (Lipinski definition) is 2. The maximum atomic E-state index is 3.98. The van der Waals surface area contributed by atoms with E-state index in [1.807, 2.05) is 18.9 Å². The summed E-state index contributed by atoms with van der Waals surface area (Å²) in [6.45, 7) is 1.98. The molecule has 0 bridgehead atoms. The monoisotopic (exact) mass is 127 g/mol. The van der Waals surface area contributed by atoms with Gasteiger partial charge in [-0.2, -0.15) is 0 Å². The average molecular weight is 127 g/mol. The highest BCUT2D eigenvalue weighted by molar-refractivity contribution is 8.01. The van der Waals surface area contributed by atoms with Gasteiger partial charge in [-0.15, -0.1) is 0 Å². The maximum absolute atomic E-state index is 3.98. The Morgan fingerprint density at radius 3 is 3.25 bits per heavy atom.